The predicted octanol–water partition coefficient (Wildman–Crippen LogP) is 1.63. The molecule has 0 bridgehead atoms. The first-order valence-corrected chi connectivity index (χ1v) is 5.71. The number of aromatic hydroxyl groups is 2. The van der Waals surface area contributed by atoms with E-state index in [-0.39, 0.29) is 17.9 Å². The summed E-state index contributed by atoms with van der Waals surface area (Å²) < 4.78 is 4.99. The molecule has 0 radical (unpaired) electrons. The highest BCUT2D eigenvalue weighted by Gasteiger charge is 2.15. The number of hydrogen-bond acceptors (Lipinski definition) is 5. The minimum atomic E-state index is -0.478. The second kappa shape index (κ2) is 5.01. The van der Waals surface area contributed by atoms with Crippen molar-refractivity contribution in [2.45, 2.75) is 20.4 Å². The molecule has 1 amide bonds. The van der Waals surface area contributed by atoms with Gasteiger partial charge < -0.3 is 20.1 Å². The Morgan fingerprint density at radius 2 is 2.11 bits per heavy atom. The van der Waals surface area contributed by atoms with Gasteiger partial charge in [-0.25, -0.2) is 0 Å². The maximum atomic E-state index is 11.9. The number of para-hydroxylation sites is 1. The highest BCUT2D eigenvalue weighted by Crippen LogP contribution is 2.28. The zero-order valence-electron chi connectivity index (χ0n) is 10.6. The van der Waals surface area contributed by atoms with Crippen molar-refractivity contribution in [2.24, 2.45) is 0 Å². The van der Waals surface area contributed by atoms with Crippen molar-refractivity contribution in [3.63, 3.8) is 0 Å². The van der Waals surface area contributed by atoms with E-state index in [1.807, 2.05) is 0 Å². The number of aryl methyl sites for hydroxylation is 2. The first-order chi connectivity index (χ1) is 9.00. The molecule has 6 nitrogen and oxygen atoms in total. The van der Waals surface area contributed by atoms with Gasteiger partial charge in [0.2, 0.25) is 0 Å². The summed E-state index contributed by atoms with van der Waals surface area (Å²) in [6, 6.07) is 4.22. The van der Waals surface area contributed by atoms with Crippen LogP contribution in [0.1, 0.15) is 27.4 Å². The molecule has 0 spiro atoms. The summed E-state index contributed by atoms with van der Waals surface area (Å²) in [4.78, 5) is 11.9. The molecule has 0 aliphatic rings. The van der Waals surface area contributed by atoms with Crippen LogP contribution < -0.4 is 5.32 Å². The lowest BCUT2D eigenvalue weighted by Crippen LogP contribution is -2.23. The third-order valence-electron chi connectivity index (χ3n) is 2.87. The first kappa shape index (κ1) is 12.9. The van der Waals surface area contributed by atoms with Gasteiger partial charge in [-0.2, -0.15) is 0 Å². The smallest absolute Gasteiger partial charge is 0.255 e. The number of phenols is 2. The summed E-state index contributed by atoms with van der Waals surface area (Å²) in [6.07, 6.45) is 0. The molecule has 0 saturated carbocycles. The van der Waals surface area contributed by atoms with Crippen LogP contribution in [0.5, 0.6) is 11.5 Å². The lowest BCUT2D eigenvalue weighted by molar-refractivity contribution is 0.0947. The standard InChI is InChI=1S/C13H14N2O4/c1-7-10(8(2)19-15-7)6-14-13(18)9-4-3-5-11(16)12(9)17/h3-5,16-17H,6H2,1-2H3,(H,14,18). The quantitative estimate of drug-likeness (QED) is 0.731. The molecule has 2 rings (SSSR count). The monoisotopic (exact) mass is 262 g/mol. The fourth-order valence-electron chi connectivity index (χ4n) is 1.73. The molecule has 0 atom stereocenters. The van der Waals surface area contributed by atoms with Crippen molar-refractivity contribution in [3.05, 3.63) is 40.8 Å². The highest BCUT2D eigenvalue weighted by molar-refractivity contribution is 5.97. The Hall–Kier alpha value is -2.50. The summed E-state index contributed by atoms with van der Waals surface area (Å²) >= 11 is 0. The summed E-state index contributed by atoms with van der Waals surface area (Å²) in [7, 11) is 0. The van der Waals surface area contributed by atoms with Crippen LogP contribution in [0.2, 0.25) is 0 Å². The number of amides is 1. The topological polar surface area (TPSA) is 95.6 Å². The van der Waals surface area contributed by atoms with Crippen molar-refractivity contribution < 1.29 is 19.5 Å². The number of carbonyl (C=O) groups excluding carboxylic acids is 1. The molecule has 2 aromatic rings. The molecule has 0 saturated heterocycles. The number of aromatic nitrogens is 1. The molecule has 0 aliphatic carbocycles. The van der Waals surface area contributed by atoms with Gasteiger partial charge in [-0.05, 0) is 26.0 Å². The van der Waals surface area contributed by atoms with Crippen LogP contribution >= 0.6 is 0 Å². The maximum Gasteiger partial charge on any atom is 0.255 e. The number of benzene rings is 1. The lowest BCUT2D eigenvalue weighted by atomic mass is 10.1. The van der Waals surface area contributed by atoms with Crippen molar-refractivity contribution >= 4 is 5.91 Å². The van der Waals surface area contributed by atoms with Crippen molar-refractivity contribution in [3.8, 4) is 11.5 Å². The summed E-state index contributed by atoms with van der Waals surface area (Å²) in [6.45, 7) is 3.78. The fourth-order valence-corrected chi connectivity index (χ4v) is 1.73. The number of nitrogens with one attached hydrogen (secondary N) is 1. The number of nitrogens with zero attached hydrogens (tertiary/aromatic N) is 1. The Morgan fingerprint density at radius 3 is 2.74 bits per heavy atom. The van der Waals surface area contributed by atoms with Crippen LogP contribution in [0.15, 0.2) is 22.7 Å². The lowest BCUT2D eigenvalue weighted by Gasteiger charge is -2.07. The van der Waals surface area contributed by atoms with Crippen LogP contribution in [0.4, 0.5) is 0 Å². The molecule has 0 unspecified atom stereocenters. The summed E-state index contributed by atoms with van der Waals surface area (Å²) in [5.74, 6) is -0.602. The number of rotatable bonds is 3. The Balaban J connectivity index is 2.12. The number of phenolic OH excluding ortho intramolecular Hbond substituents is 2. The van der Waals surface area contributed by atoms with Crippen LogP contribution in [0.3, 0.4) is 0 Å². The Labute approximate surface area is 109 Å². The Morgan fingerprint density at radius 1 is 1.37 bits per heavy atom. The molecule has 6 heteroatoms. The fraction of sp³-hybridized carbons (Fsp3) is 0.231. The summed E-state index contributed by atoms with van der Waals surface area (Å²) in [5, 5.41) is 25.4. The van der Waals surface area contributed by atoms with E-state index in [0.717, 1.165) is 5.56 Å². The molecule has 19 heavy (non-hydrogen) atoms. The van der Waals surface area contributed by atoms with Crippen molar-refractivity contribution in [1.29, 1.82) is 0 Å². The normalized spacial score (nSPS) is 10.4. The van der Waals surface area contributed by atoms with Crippen LogP contribution in [0, 0.1) is 13.8 Å². The Kier molecular flexibility index (Phi) is 3.41. The van der Waals surface area contributed by atoms with E-state index >= 15 is 0 Å². The van der Waals surface area contributed by atoms with Gasteiger partial charge in [0, 0.05) is 12.1 Å². The first-order valence-electron chi connectivity index (χ1n) is 5.71. The zero-order chi connectivity index (χ0) is 14.0. The van der Waals surface area contributed by atoms with Crippen molar-refractivity contribution in [1.82, 2.24) is 10.5 Å². The molecular weight excluding hydrogens is 248 g/mol. The van der Waals surface area contributed by atoms with Crippen molar-refractivity contribution in [2.75, 3.05) is 0 Å². The molecular formula is C13H14N2O4. The third-order valence-corrected chi connectivity index (χ3v) is 2.87. The molecule has 0 fully saturated rings. The van der Waals surface area contributed by atoms with Crippen LogP contribution in [0.25, 0.3) is 0 Å². The van der Waals surface area contributed by atoms with Crippen LogP contribution in [-0.4, -0.2) is 21.3 Å². The van der Waals surface area contributed by atoms with E-state index in [1.165, 1.54) is 18.2 Å². The third kappa shape index (κ3) is 2.52. The van der Waals surface area contributed by atoms with E-state index in [4.69, 9.17) is 4.52 Å². The minimum Gasteiger partial charge on any atom is -0.504 e. The highest BCUT2D eigenvalue weighted by atomic mass is 16.5. The Bertz CT molecular complexity index is 600. The van der Waals surface area contributed by atoms with Gasteiger partial charge in [-0.3, -0.25) is 4.79 Å². The van der Waals surface area contributed by atoms with Gasteiger partial charge in [0.25, 0.3) is 5.91 Å². The zero-order valence-corrected chi connectivity index (χ0v) is 10.6. The van der Waals surface area contributed by atoms with E-state index in [2.05, 4.69) is 10.5 Å². The van der Waals surface area contributed by atoms with Gasteiger partial charge in [0.15, 0.2) is 11.5 Å². The number of carbonyl (C=O) groups is 1. The second-order valence-electron chi connectivity index (χ2n) is 4.16. The van der Waals surface area contributed by atoms with Gasteiger partial charge >= 0.3 is 0 Å². The predicted molar refractivity (Wildman–Crippen MR) is 66.9 cm³/mol. The second-order valence-corrected chi connectivity index (χ2v) is 4.16. The van der Waals surface area contributed by atoms with Gasteiger partial charge in [0.1, 0.15) is 5.76 Å². The van der Waals surface area contributed by atoms with Gasteiger partial charge in [-0.1, -0.05) is 11.2 Å². The largest absolute Gasteiger partial charge is 0.504 e. The average molecular weight is 262 g/mol. The van der Waals surface area contributed by atoms with Crippen LogP contribution in [-0.2, 0) is 6.54 Å². The SMILES string of the molecule is Cc1noc(C)c1CNC(=O)c1cccc(O)c1O. The van der Waals surface area contributed by atoms with E-state index in [1.54, 1.807) is 13.8 Å². The molecule has 1 aromatic carbocycles. The van der Waals surface area contributed by atoms with Gasteiger partial charge in [-0.15, -0.1) is 0 Å². The maximum absolute atomic E-state index is 11.9. The number of hydrogen-bond donors (Lipinski definition) is 3. The van der Waals surface area contributed by atoms with Gasteiger partial charge in [0.05, 0.1) is 11.3 Å². The molecule has 1 aromatic heterocycles. The molecule has 1 heterocycles. The minimum absolute atomic E-state index is 0.0201. The van der Waals surface area contributed by atoms with E-state index in [0.29, 0.717) is 11.5 Å². The summed E-state index contributed by atoms with van der Waals surface area (Å²) in [5.41, 5.74) is 1.53. The molecule has 3 N–H and O–H groups in total. The average Bonchev–Trinajstić information content (AvgIpc) is 2.70. The molecule has 0 aliphatic heterocycles. The van der Waals surface area contributed by atoms with E-state index < -0.39 is 11.7 Å². The molecule has 100 valence electrons. The van der Waals surface area contributed by atoms with E-state index in [9.17, 15) is 15.0 Å².